The zero-order valence-electron chi connectivity index (χ0n) is 27.3. The van der Waals surface area contributed by atoms with Crippen molar-refractivity contribution in [2.45, 2.75) is 69.4 Å². The van der Waals surface area contributed by atoms with E-state index in [9.17, 15) is 18.3 Å². The molecule has 1 aliphatic rings. The summed E-state index contributed by atoms with van der Waals surface area (Å²) in [6.07, 6.45) is 5.61. The summed E-state index contributed by atoms with van der Waals surface area (Å²) in [6, 6.07) is 20.8. The Hall–Kier alpha value is -3.77. The van der Waals surface area contributed by atoms with Crippen LogP contribution >= 0.6 is 10.8 Å². The zero-order valence-corrected chi connectivity index (χ0v) is 28.1. The van der Waals surface area contributed by atoms with Gasteiger partial charge in [-0.1, -0.05) is 69.9 Å². The number of anilines is 3. The van der Waals surface area contributed by atoms with Gasteiger partial charge in [0.25, 0.3) is 0 Å². The molecule has 46 heavy (non-hydrogen) atoms. The van der Waals surface area contributed by atoms with Gasteiger partial charge >= 0.3 is 5.97 Å². The summed E-state index contributed by atoms with van der Waals surface area (Å²) in [6.45, 7) is 5.00. The summed E-state index contributed by atoms with van der Waals surface area (Å²) in [5.41, 5.74) is 2.22. The predicted molar refractivity (Wildman–Crippen MR) is 183 cm³/mol. The number of ether oxygens (including phenoxy) is 2. The highest BCUT2D eigenvalue weighted by molar-refractivity contribution is 8.22. The summed E-state index contributed by atoms with van der Waals surface area (Å²) in [5.74, 6) is -2.44. The third-order valence-electron chi connectivity index (χ3n) is 8.44. The van der Waals surface area contributed by atoms with Crippen LogP contribution in [0.15, 0.2) is 83.7 Å². The maximum absolute atomic E-state index is 14.1. The van der Waals surface area contributed by atoms with Crippen LogP contribution in [0.25, 0.3) is 0 Å². The summed E-state index contributed by atoms with van der Waals surface area (Å²) >= 11 is 0. The molecule has 0 radical (unpaired) electrons. The number of hydrogen-bond acceptors (Lipinski definition) is 8. The molecule has 0 spiro atoms. The number of hydrogen-bond donors (Lipinski definition) is 3. The maximum Gasteiger partial charge on any atom is 0.368 e. The second-order valence-corrected chi connectivity index (χ2v) is 13.7. The van der Waals surface area contributed by atoms with Crippen molar-refractivity contribution >= 4 is 33.8 Å². The lowest BCUT2D eigenvalue weighted by Crippen LogP contribution is -2.54. The SMILES string of the molecule is CCCCC1(CCCC)CN(c2ccccc2)c2cc(N(C)C)c(O/C=C(\F)C(=O)O)cc2S(O)(O)N1Cc1ccc(OC)cc1. The molecule has 0 bridgehead atoms. The van der Waals surface area contributed by atoms with Crippen LogP contribution in [0.3, 0.4) is 0 Å². The zero-order chi connectivity index (χ0) is 33.5. The van der Waals surface area contributed by atoms with E-state index < -0.39 is 28.1 Å². The highest BCUT2D eigenvalue weighted by Gasteiger charge is 2.49. The normalized spacial score (nSPS) is 16.7. The molecule has 3 aromatic rings. The smallest absolute Gasteiger partial charge is 0.368 e. The van der Waals surface area contributed by atoms with Gasteiger partial charge in [-0.25, -0.2) is 4.79 Å². The van der Waals surface area contributed by atoms with E-state index in [-0.39, 0.29) is 17.2 Å². The lowest BCUT2D eigenvalue weighted by molar-refractivity contribution is -0.134. The van der Waals surface area contributed by atoms with E-state index >= 15 is 0 Å². The van der Waals surface area contributed by atoms with Gasteiger partial charge in [-0.15, -0.1) is 10.8 Å². The average Bonchev–Trinajstić information content (AvgIpc) is 3.13. The molecule has 0 aromatic heterocycles. The van der Waals surface area contributed by atoms with E-state index in [4.69, 9.17) is 14.6 Å². The first-order valence-electron chi connectivity index (χ1n) is 15.6. The number of carboxylic acid groups (broad SMARTS) is 1. The fourth-order valence-corrected chi connectivity index (χ4v) is 8.02. The molecule has 3 aromatic carbocycles. The lowest BCUT2D eigenvalue weighted by atomic mass is 9.85. The van der Waals surface area contributed by atoms with Crippen molar-refractivity contribution in [2.24, 2.45) is 0 Å². The number of carboxylic acids is 1. The highest BCUT2D eigenvalue weighted by Crippen LogP contribution is 2.64. The van der Waals surface area contributed by atoms with Crippen molar-refractivity contribution in [1.82, 2.24) is 4.31 Å². The minimum Gasteiger partial charge on any atom is -0.497 e. The van der Waals surface area contributed by atoms with E-state index in [1.165, 1.54) is 6.07 Å². The van der Waals surface area contributed by atoms with Crippen LogP contribution in [0.4, 0.5) is 21.5 Å². The van der Waals surface area contributed by atoms with Crippen LogP contribution in [0.2, 0.25) is 0 Å². The van der Waals surface area contributed by atoms with Crippen molar-refractivity contribution in [3.8, 4) is 11.5 Å². The summed E-state index contributed by atoms with van der Waals surface area (Å²) in [4.78, 5) is 15.3. The van der Waals surface area contributed by atoms with Crippen molar-refractivity contribution in [3.63, 3.8) is 0 Å². The Morgan fingerprint density at radius 2 is 1.65 bits per heavy atom. The number of carbonyl (C=O) groups is 1. The first-order valence-corrected chi connectivity index (χ1v) is 17.1. The number of nitrogens with zero attached hydrogens (tertiary/aromatic N) is 3. The van der Waals surface area contributed by atoms with E-state index in [0.717, 1.165) is 49.8 Å². The van der Waals surface area contributed by atoms with Crippen LogP contribution in [0.5, 0.6) is 11.5 Å². The Morgan fingerprint density at radius 1 is 1.02 bits per heavy atom. The van der Waals surface area contributed by atoms with Crippen molar-refractivity contribution in [2.75, 3.05) is 37.5 Å². The molecule has 0 saturated carbocycles. The van der Waals surface area contributed by atoms with Crippen LogP contribution in [0.1, 0.15) is 57.9 Å². The summed E-state index contributed by atoms with van der Waals surface area (Å²) < 4.78 is 52.2. The first-order chi connectivity index (χ1) is 22.0. The van der Waals surface area contributed by atoms with E-state index in [2.05, 4.69) is 18.7 Å². The van der Waals surface area contributed by atoms with Crippen molar-refractivity contribution in [3.05, 3.63) is 84.4 Å². The fourth-order valence-electron chi connectivity index (χ4n) is 5.96. The van der Waals surface area contributed by atoms with Gasteiger partial charge in [0, 0.05) is 38.9 Å². The van der Waals surface area contributed by atoms with Crippen molar-refractivity contribution < 1.29 is 32.9 Å². The van der Waals surface area contributed by atoms with Gasteiger partial charge in [-0.2, -0.15) is 8.70 Å². The minimum atomic E-state index is -3.73. The Kier molecular flexibility index (Phi) is 11.6. The standard InChI is InChI=1S/C35H46FN3O6S/c1-6-8-19-35(20-9-7-2)25-38(27-13-11-10-12-14-27)31-21-30(37(3)4)32(45-24-29(36)34(40)41)22-33(31)46(42,43)39(35)23-26-15-17-28(44-5)18-16-26/h10-18,21-22,24,42-43H,6-9,19-20,23,25H2,1-5H3,(H,40,41)/b29-24-. The second-order valence-electron chi connectivity index (χ2n) is 11.8. The Morgan fingerprint density at radius 3 is 2.20 bits per heavy atom. The van der Waals surface area contributed by atoms with Crippen molar-refractivity contribution in [1.29, 1.82) is 0 Å². The summed E-state index contributed by atoms with van der Waals surface area (Å²) in [5, 5.41) is 9.09. The Labute approximate surface area is 273 Å². The molecule has 0 saturated heterocycles. The maximum atomic E-state index is 14.1. The molecule has 3 N–H and O–H groups in total. The third kappa shape index (κ3) is 7.60. The minimum absolute atomic E-state index is 0.0900. The van der Waals surface area contributed by atoms with Crippen LogP contribution in [0, 0.1) is 0 Å². The molecular weight excluding hydrogens is 609 g/mol. The van der Waals surface area contributed by atoms with Crippen LogP contribution in [-0.4, -0.2) is 57.8 Å². The predicted octanol–water partition coefficient (Wildman–Crippen LogP) is 8.83. The molecule has 0 amide bonds. The van der Waals surface area contributed by atoms with Gasteiger partial charge in [-0.05, 0) is 48.7 Å². The molecule has 0 fully saturated rings. The average molecular weight is 656 g/mol. The third-order valence-corrected chi connectivity index (χ3v) is 10.5. The Balaban J connectivity index is 2.03. The molecule has 1 aliphatic heterocycles. The number of para-hydroxylation sites is 1. The van der Waals surface area contributed by atoms with E-state index in [0.29, 0.717) is 29.9 Å². The monoisotopic (exact) mass is 655 g/mol. The topological polar surface area (TPSA) is 106 Å². The van der Waals surface area contributed by atoms with Crippen LogP contribution < -0.4 is 19.3 Å². The number of methoxy groups -OCH3 is 1. The van der Waals surface area contributed by atoms with E-state index in [1.54, 1.807) is 32.2 Å². The second kappa shape index (κ2) is 15.2. The quantitative estimate of drug-likeness (QED) is 0.116. The summed E-state index contributed by atoms with van der Waals surface area (Å²) in [7, 11) is 1.45. The highest BCUT2D eigenvalue weighted by atomic mass is 32.3. The molecule has 250 valence electrons. The van der Waals surface area contributed by atoms with Gasteiger partial charge in [0.05, 0.1) is 24.0 Å². The number of rotatable bonds is 14. The molecule has 9 nitrogen and oxygen atoms in total. The van der Waals surface area contributed by atoms with Gasteiger partial charge in [-0.3, -0.25) is 9.11 Å². The number of unbranched alkanes of at least 4 members (excludes halogenated alkanes) is 2. The Bertz CT molecular complexity index is 1490. The van der Waals surface area contributed by atoms with Gasteiger partial charge in [0.15, 0.2) is 5.75 Å². The lowest BCUT2D eigenvalue weighted by Gasteiger charge is -2.52. The fraction of sp³-hybridized carbons (Fsp3) is 0.400. The number of halogens is 1. The molecule has 0 unspecified atom stereocenters. The number of aliphatic carboxylic acids is 1. The van der Waals surface area contributed by atoms with E-state index in [1.807, 2.05) is 58.9 Å². The number of benzene rings is 3. The molecule has 0 aliphatic carbocycles. The molecule has 1 heterocycles. The first kappa shape index (κ1) is 35.1. The number of fused-ring (bicyclic) bond motifs is 1. The van der Waals surface area contributed by atoms with Gasteiger partial charge < -0.3 is 24.4 Å². The largest absolute Gasteiger partial charge is 0.497 e. The van der Waals surface area contributed by atoms with Gasteiger partial charge in [0.2, 0.25) is 5.83 Å². The van der Waals surface area contributed by atoms with Crippen LogP contribution in [-0.2, 0) is 11.3 Å². The molecule has 0 atom stereocenters. The molecule has 4 rings (SSSR count). The molecule has 11 heteroatoms. The molecular formula is C35H46FN3O6S. The van der Waals surface area contributed by atoms with Gasteiger partial charge in [0.1, 0.15) is 16.9 Å².